The number of nitrogens with one attached hydrogen (secondary N) is 1. The fourth-order valence-corrected chi connectivity index (χ4v) is 5.25. The van der Waals surface area contributed by atoms with E-state index >= 15 is 0 Å². The molecule has 2 aromatic carbocycles. The molecule has 3 atom stereocenters. The van der Waals surface area contributed by atoms with Gasteiger partial charge in [-0.2, -0.15) is 4.72 Å². The predicted molar refractivity (Wildman–Crippen MR) is 117 cm³/mol. The Morgan fingerprint density at radius 2 is 1.87 bits per heavy atom. The Morgan fingerprint density at radius 1 is 1.23 bits per heavy atom. The van der Waals surface area contributed by atoms with Crippen LogP contribution in [0.5, 0.6) is 0 Å². The molecule has 0 bridgehead atoms. The molecule has 0 saturated heterocycles. The number of aliphatic hydroxyl groups is 1. The molecule has 0 saturated carbocycles. The molecule has 9 heteroatoms. The topological polar surface area (TPSA) is 92.7 Å². The third kappa shape index (κ3) is 5.44. The van der Waals surface area contributed by atoms with Crippen molar-refractivity contribution in [2.24, 2.45) is 0 Å². The van der Waals surface area contributed by atoms with Crippen LogP contribution >= 0.6 is 11.6 Å². The van der Waals surface area contributed by atoms with E-state index in [2.05, 4.69) is 4.72 Å². The Labute approximate surface area is 187 Å². The molecular formula is C22H27ClFNO5S. The maximum absolute atomic E-state index is 14.7. The number of ether oxygens (including phenoxy) is 1. The second-order valence-corrected chi connectivity index (χ2v) is 9.70. The summed E-state index contributed by atoms with van der Waals surface area (Å²) in [6.07, 6.45) is 0. The third-order valence-corrected chi connectivity index (χ3v) is 7.24. The van der Waals surface area contributed by atoms with Crippen LogP contribution in [0, 0.1) is 19.7 Å². The van der Waals surface area contributed by atoms with E-state index in [0.717, 1.165) is 12.7 Å². The summed E-state index contributed by atoms with van der Waals surface area (Å²) in [5.74, 6) is -2.75. The van der Waals surface area contributed by atoms with E-state index in [1.807, 2.05) is 0 Å². The molecular weight excluding hydrogens is 445 g/mol. The summed E-state index contributed by atoms with van der Waals surface area (Å²) in [4.78, 5) is 12.4. The van der Waals surface area contributed by atoms with E-state index in [1.54, 1.807) is 33.8 Å². The van der Waals surface area contributed by atoms with Gasteiger partial charge in [0.15, 0.2) is 0 Å². The van der Waals surface area contributed by atoms with Gasteiger partial charge in [0.25, 0.3) is 0 Å². The average molecular weight is 472 g/mol. The first-order valence-electron chi connectivity index (χ1n) is 9.70. The lowest BCUT2D eigenvalue weighted by Crippen LogP contribution is -2.45. The molecule has 0 aliphatic carbocycles. The lowest BCUT2D eigenvalue weighted by atomic mass is 9.88. The standard InChI is InChI=1S/C22H27ClFNO5S/c1-12-6-8-18(24)20(14(12)3)15(4)21(22(27)30-5)25-31(28,29)19-9-7-16(23)10-17(19)13(2)11-26/h6-10,13,15,21,25-26H,11H2,1-5H3/t13?,15?,21-/m0/s1. The second-order valence-electron chi connectivity index (χ2n) is 7.58. The molecule has 2 aromatic rings. The number of sulfonamides is 1. The van der Waals surface area contributed by atoms with Crippen LogP contribution in [0.15, 0.2) is 35.2 Å². The number of methoxy groups -OCH3 is 1. The minimum Gasteiger partial charge on any atom is -0.468 e. The average Bonchev–Trinajstić information content (AvgIpc) is 2.73. The smallest absolute Gasteiger partial charge is 0.324 e. The zero-order valence-electron chi connectivity index (χ0n) is 18.1. The predicted octanol–water partition coefficient (Wildman–Crippen LogP) is 3.82. The Morgan fingerprint density at radius 3 is 2.45 bits per heavy atom. The molecule has 2 rings (SSSR count). The van der Waals surface area contributed by atoms with Gasteiger partial charge in [0.1, 0.15) is 11.9 Å². The molecule has 0 aliphatic rings. The molecule has 170 valence electrons. The summed E-state index contributed by atoms with van der Waals surface area (Å²) in [6.45, 7) is 6.43. The Kier molecular flexibility index (Phi) is 8.21. The molecule has 2 unspecified atom stereocenters. The fraction of sp³-hybridized carbons (Fsp3) is 0.409. The van der Waals surface area contributed by atoms with Crippen LogP contribution < -0.4 is 4.72 Å². The number of carbonyl (C=O) groups is 1. The van der Waals surface area contributed by atoms with Gasteiger partial charge in [0, 0.05) is 23.5 Å². The maximum atomic E-state index is 14.7. The van der Waals surface area contributed by atoms with Gasteiger partial charge in [-0.3, -0.25) is 4.79 Å². The zero-order chi connectivity index (χ0) is 23.5. The lowest BCUT2D eigenvalue weighted by molar-refractivity contribution is -0.143. The van der Waals surface area contributed by atoms with Crippen molar-refractivity contribution in [2.45, 2.75) is 50.5 Å². The van der Waals surface area contributed by atoms with Crippen molar-refractivity contribution < 1.29 is 27.4 Å². The summed E-state index contributed by atoms with van der Waals surface area (Å²) < 4.78 is 48.3. The summed E-state index contributed by atoms with van der Waals surface area (Å²) >= 11 is 6.01. The van der Waals surface area contributed by atoms with Gasteiger partial charge in [-0.05, 0) is 60.4 Å². The van der Waals surface area contributed by atoms with Crippen LogP contribution in [-0.4, -0.2) is 39.3 Å². The molecule has 6 nitrogen and oxygen atoms in total. The molecule has 0 aromatic heterocycles. The minimum atomic E-state index is -4.25. The van der Waals surface area contributed by atoms with Crippen molar-refractivity contribution in [3.63, 3.8) is 0 Å². The van der Waals surface area contributed by atoms with E-state index < -0.39 is 39.7 Å². The zero-order valence-corrected chi connectivity index (χ0v) is 19.6. The van der Waals surface area contributed by atoms with Gasteiger partial charge in [0.2, 0.25) is 10.0 Å². The number of hydrogen-bond acceptors (Lipinski definition) is 5. The van der Waals surface area contributed by atoms with Crippen molar-refractivity contribution in [3.8, 4) is 0 Å². The molecule has 0 amide bonds. The highest BCUT2D eigenvalue weighted by Crippen LogP contribution is 2.31. The minimum absolute atomic E-state index is 0.124. The first-order chi connectivity index (χ1) is 14.4. The quantitative estimate of drug-likeness (QED) is 0.571. The van der Waals surface area contributed by atoms with Gasteiger partial charge in [0.05, 0.1) is 12.0 Å². The highest BCUT2D eigenvalue weighted by molar-refractivity contribution is 7.89. The number of aryl methyl sites for hydroxylation is 1. The Hall–Kier alpha value is -2.00. The molecule has 0 aliphatic heterocycles. The number of hydrogen-bond donors (Lipinski definition) is 2. The van der Waals surface area contributed by atoms with Crippen LogP contribution in [0.2, 0.25) is 5.02 Å². The van der Waals surface area contributed by atoms with Crippen molar-refractivity contribution >= 4 is 27.6 Å². The van der Waals surface area contributed by atoms with Crippen molar-refractivity contribution in [1.29, 1.82) is 0 Å². The summed E-state index contributed by atoms with van der Waals surface area (Å²) in [5, 5.41) is 9.84. The Bertz CT molecular complexity index is 1070. The van der Waals surface area contributed by atoms with E-state index in [9.17, 15) is 22.7 Å². The first-order valence-corrected chi connectivity index (χ1v) is 11.6. The third-order valence-electron chi connectivity index (χ3n) is 5.49. The fourth-order valence-electron chi connectivity index (χ4n) is 3.49. The van der Waals surface area contributed by atoms with Crippen molar-refractivity contribution in [1.82, 2.24) is 4.72 Å². The Balaban J connectivity index is 2.56. The SMILES string of the molecule is COC(=O)[C@@H](NS(=O)(=O)c1ccc(Cl)cc1C(C)CO)C(C)c1c(F)ccc(C)c1C. The molecule has 0 fully saturated rings. The lowest BCUT2D eigenvalue weighted by Gasteiger charge is -2.26. The summed E-state index contributed by atoms with van der Waals surface area (Å²) in [7, 11) is -3.11. The van der Waals surface area contributed by atoms with E-state index in [0.29, 0.717) is 16.1 Å². The van der Waals surface area contributed by atoms with Gasteiger partial charge >= 0.3 is 5.97 Å². The number of carbonyl (C=O) groups excluding carboxylic acids is 1. The molecule has 0 heterocycles. The monoisotopic (exact) mass is 471 g/mol. The van der Waals surface area contributed by atoms with Crippen molar-refractivity contribution in [3.05, 3.63) is 63.4 Å². The second kappa shape index (κ2) is 10.1. The molecule has 2 N–H and O–H groups in total. The normalized spacial score (nSPS) is 14.7. The number of halogens is 2. The highest BCUT2D eigenvalue weighted by Gasteiger charge is 2.35. The largest absolute Gasteiger partial charge is 0.468 e. The van der Waals surface area contributed by atoms with Gasteiger partial charge < -0.3 is 9.84 Å². The van der Waals surface area contributed by atoms with Gasteiger partial charge in [-0.15, -0.1) is 0 Å². The van der Waals surface area contributed by atoms with Crippen LogP contribution in [-0.2, 0) is 19.6 Å². The summed E-state index contributed by atoms with van der Waals surface area (Å²) in [6, 6.07) is 5.70. The molecule has 0 radical (unpaired) electrons. The molecule has 0 spiro atoms. The number of aliphatic hydroxyl groups excluding tert-OH is 1. The van der Waals surface area contributed by atoms with E-state index in [4.69, 9.17) is 16.3 Å². The van der Waals surface area contributed by atoms with E-state index in [1.165, 1.54) is 24.3 Å². The maximum Gasteiger partial charge on any atom is 0.324 e. The van der Waals surface area contributed by atoms with Gasteiger partial charge in [-0.25, -0.2) is 12.8 Å². The van der Waals surface area contributed by atoms with Crippen LogP contribution in [0.4, 0.5) is 4.39 Å². The number of esters is 1. The van der Waals surface area contributed by atoms with Crippen LogP contribution in [0.25, 0.3) is 0 Å². The molecule has 31 heavy (non-hydrogen) atoms. The van der Waals surface area contributed by atoms with Crippen LogP contribution in [0.1, 0.15) is 47.9 Å². The van der Waals surface area contributed by atoms with Crippen molar-refractivity contribution in [2.75, 3.05) is 13.7 Å². The van der Waals surface area contributed by atoms with Crippen LogP contribution in [0.3, 0.4) is 0 Å². The van der Waals surface area contributed by atoms with Gasteiger partial charge in [-0.1, -0.05) is 31.5 Å². The summed E-state index contributed by atoms with van der Waals surface area (Å²) in [5.41, 5.74) is 1.98. The first kappa shape index (κ1) is 25.3. The van der Waals surface area contributed by atoms with E-state index in [-0.39, 0.29) is 17.1 Å². The number of benzene rings is 2. The number of rotatable bonds is 8. The highest BCUT2D eigenvalue weighted by atomic mass is 35.5.